The second kappa shape index (κ2) is 10.1. The molecule has 40 heavy (non-hydrogen) atoms. The van der Waals surface area contributed by atoms with Crippen molar-refractivity contribution < 1.29 is 8.85 Å². The van der Waals surface area contributed by atoms with Crippen LogP contribution in [0.25, 0.3) is 0 Å². The summed E-state index contributed by atoms with van der Waals surface area (Å²) < 4.78 is 13.1. The Balaban J connectivity index is 2.19. The van der Waals surface area contributed by atoms with Crippen LogP contribution in [0.4, 0.5) is 0 Å². The van der Waals surface area contributed by atoms with E-state index in [1.54, 1.807) is 0 Å². The van der Waals surface area contributed by atoms with Crippen LogP contribution in [-0.2, 0) is 0 Å². The van der Waals surface area contributed by atoms with Crippen molar-refractivity contribution in [1.82, 2.24) is 0 Å². The highest BCUT2D eigenvalue weighted by molar-refractivity contribution is 6.75. The Labute approximate surface area is 242 Å². The van der Waals surface area contributed by atoms with Crippen LogP contribution in [-0.4, -0.2) is 16.6 Å². The van der Waals surface area contributed by atoms with E-state index in [9.17, 15) is 21.0 Å². The summed E-state index contributed by atoms with van der Waals surface area (Å²) in [6.45, 7) is 21.6. The summed E-state index contributed by atoms with van der Waals surface area (Å²) in [5, 5.41) is 41.4. The van der Waals surface area contributed by atoms with Gasteiger partial charge in [-0.1, -0.05) is 65.8 Å². The minimum absolute atomic E-state index is 0.0214. The Morgan fingerprint density at radius 1 is 0.600 bits per heavy atom. The van der Waals surface area contributed by atoms with E-state index < -0.39 is 39.3 Å². The molecule has 1 saturated carbocycles. The van der Waals surface area contributed by atoms with Crippen molar-refractivity contribution >= 4 is 16.6 Å². The molecule has 0 amide bonds. The highest BCUT2D eigenvalue weighted by Crippen LogP contribution is 2.72. The summed E-state index contributed by atoms with van der Waals surface area (Å²) >= 11 is 0. The minimum atomic E-state index is -2.16. The lowest BCUT2D eigenvalue weighted by atomic mass is 9.37. The molecule has 0 radical (unpaired) electrons. The summed E-state index contributed by atoms with van der Waals surface area (Å²) in [6.07, 6.45) is 0. The van der Waals surface area contributed by atoms with E-state index in [1.807, 2.05) is 48.5 Å². The molecule has 0 spiro atoms. The smallest absolute Gasteiger partial charge is 0.250 e. The minimum Gasteiger partial charge on any atom is -0.543 e. The molecule has 2 aromatic carbocycles. The van der Waals surface area contributed by atoms with Gasteiger partial charge >= 0.3 is 0 Å². The van der Waals surface area contributed by atoms with Crippen LogP contribution in [0.3, 0.4) is 0 Å². The second-order valence-electron chi connectivity index (χ2n) is 13.9. The van der Waals surface area contributed by atoms with Gasteiger partial charge in [-0.25, -0.2) is 0 Å². The van der Waals surface area contributed by atoms with E-state index in [0.29, 0.717) is 22.6 Å². The van der Waals surface area contributed by atoms with Gasteiger partial charge in [-0.3, -0.25) is 0 Å². The molecule has 0 heterocycles. The van der Waals surface area contributed by atoms with Crippen molar-refractivity contribution in [3.05, 3.63) is 59.7 Å². The highest BCUT2D eigenvalue weighted by Gasteiger charge is 2.76. The molecule has 2 atom stereocenters. The SMILES string of the molecule is CC(C)(C)[Si](C)(C)Oc1cccc([C@@H]2[C@H](c3cccc(O[Si](C)(C)C(C)(C)C)c3)C(C#N)(C#N)C2(C#N)C#N)c1. The summed E-state index contributed by atoms with van der Waals surface area (Å²) in [6, 6.07) is 23.4. The van der Waals surface area contributed by atoms with Gasteiger partial charge in [-0.2, -0.15) is 21.0 Å². The third-order valence-electron chi connectivity index (χ3n) is 9.39. The van der Waals surface area contributed by atoms with Crippen molar-refractivity contribution in [2.24, 2.45) is 10.8 Å². The van der Waals surface area contributed by atoms with E-state index >= 15 is 0 Å². The first-order valence-corrected chi connectivity index (χ1v) is 19.4. The number of benzene rings is 2. The second-order valence-corrected chi connectivity index (χ2v) is 23.3. The Hall–Kier alpha value is -3.57. The lowest BCUT2D eigenvalue weighted by molar-refractivity contribution is 0.0520. The molecule has 3 rings (SSSR count). The first kappa shape index (κ1) is 31.0. The molecule has 0 N–H and O–H groups in total. The van der Waals surface area contributed by atoms with Crippen LogP contribution in [0.15, 0.2) is 48.5 Å². The molecular weight excluding hydrogens is 529 g/mol. The van der Waals surface area contributed by atoms with Crippen molar-refractivity contribution in [3.63, 3.8) is 0 Å². The molecule has 0 aliphatic heterocycles. The predicted molar refractivity (Wildman–Crippen MR) is 161 cm³/mol. The van der Waals surface area contributed by atoms with Gasteiger partial charge < -0.3 is 8.85 Å². The quantitative estimate of drug-likeness (QED) is 0.323. The molecule has 0 bridgehead atoms. The monoisotopic (exact) mass is 568 g/mol. The summed E-state index contributed by atoms with van der Waals surface area (Å²) in [7, 11) is -4.33. The van der Waals surface area contributed by atoms with E-state index in [4.69, 9.17) is 8.85 Å². The number of rotatable bonds is 6. The normalized spacial score (nSPS) is 20.1. The van der Waals surface area contributed by atoms with Gasteiger partial charge in [0, 0.05) is 11.8 Å². The Bertz CT molecular complexity index is 1320. The Kier molecular flexibility index (Phi) is 7.83. The van der Waals surface area contributed by atoms with Gasteiger partial charge in [-0.05, 0) is 71.7 Å². The lowest BCUT2D eigenvalue weighted by Crippen LogP contribution is -2.60. The molecule has 0 aromatic heterocycles. The van der Waals surface area contributed by atoms with E-state index in [2.05, 4.69) is 92.0 Å². The van der Waals surface area contributed by atoms with Crippen molar-refractivity contribution in [2.75, 3.05) is 0 Å². The van der Waals surface area contributed by atoms with Gasteiger partial charge in [0.2, 0.25) is 16.6 Å². The molecule has 8 heteroatoms. The van der Waals surface area contributed by atoms with Crippen LogP contribution in [0.2, 0.25) is 36.3 Å². The fraction of sp³-hybridized carbons (Fsp3) is 0.500. The van der Waals surface area contributed by atoms with Crippen LogP contribution >= 0.6 is 0 Å². The number of nitrogens with zero attached hydrogens (tertiary/aromatic N) is 4. The predicted octanol–water partition coefficient (Wildman–Crippen LogP) is 8.40. The van der Waals surface area contributed by atoms with E-state index in [1.165, 1.54) is 0 Å². The molecule has 0 saturated heterocycles. The summed E-state index contributed by atoms with van der Waals surface area (Å²) in [5.41, 5.74) is -2.32. The van der Waals surface area contributed by atoms with Crippen LogP contribution < -0.4 is 8.85 Å². The van der Waals surface area contributed by atoms with Crippen LogP contribution in [0.5, 0.6) is 11.5 Å². The molecule has 1 fully saturated rings. The number of hydrogen-bond donors (Lipinski definition) is 0. The Morgan fingerprint density at radius 2 is 0.900 bits per heavy atom. The van der Waals surface area contributed by atoms with Crippen LogP contribution in [0, 0.1) is 56.2 Å². The third-order valence-corrected chi connectivity index (χ3v) is 18.1. The third kappa shape index (κ3) is 4.81. The first-order valence-electron chi connectivity index (χ1n) is 13.6. The lowest BCUT2D eigenvalue weighted by Gasteiger charge is -2.56. The van der Waals surface area contributed by atoms with Crippen LogP contribution in [0.1, 0.15) is 64.5 Å². The van der Waals surface area contributed by atoms with Gasteiger partial charge in [0.05, 0.1) is 24.3 Å². The maximum atomic E-state index is 10.4. The molecule has 1 aliphatic carbocycles. The standard InChI is InChI=1S/C32H40N4O2Si2/c1-29(2,3)39(7,8)37-25-15-11-13-23(17-25)27-28(32(21-35,22-36)31(27,19-33)20-34)24-14-12-16-26(18-24)38-40(9,10)30(4,5)6/h11-18,27-28H,1-10H3/t27-,28+. The zero-order valence-corrected chi connectivity index (χ0v) is 27.4. The van der Waals surface area contributed by atoms with Crippen molar-refractivity contribution in [2.45, 2.75) is 89.6 Å². The van der Waals surface area contributed by atoms with Gasteiger partial charge in [-0.15, -0.1) is 0 Å². The van der Waals surface area contributed by atoms with Gasteiger partial charge in [0.15, 0.2) is 10.8 Å². The van der Waals surface area contributed by atoms with E-state index in [0.717, 1.165) is 0 Å². The number of hydrogen-bond acceptors (Lipinski definition) is 6. The maximum Gasteiger partial charge on any atom is 0.250 e. The van der Waals surface area contributed by atoms with Gasteiger partial charge in [0.1, 0.15) is 11.5 Å². The Morgan fingerprint density at radius 3 is 1.15 bits per heavy atom. The zero-order chi connectivity index (χ0) is 30.4. The molecule has 6 nitrogen and oxygen atoms in total. The van der Waals surface area contributed by atoms with Gasteiger partial charge in [0.25, 0.3) is 0 Å². The van der Waals surface area contributed by atoms with Crippen molar-refractivity contribution in [1.29, 1.82) is 21.0 Å². The molecular formula is C32H40N4O2Si2. The highest BCUT2D eigenvalue weighted by atomic mass is 28.4. The molecule has 208 valence electrons. The first-order chi connectivity index (χ1) is 18.4. The summed E-state index contributed by atoms with van der Waals surface area (Å²) in [4.78, 5) is 0. The average molecular weight is 569 g/mol. The number of nitriles is 4. The fourth-order valence-electron chi connectivity index (χ4n) is 4.90. The van der Waals surface area contributed by atoms with Crippen molar-refractivity contribution in [3.8, 4) is 35.8 Å². The fourth-order valence-corrected chi connectivity index (χ4v) is 6.94. The average Bonchev–Trinajstić information content (AvgIpc) is 2.83. The largest absolute Gasteiger partial charge is 0.543 e. The molecule has 2 aromatic rings. The topological polar surface area (TPSA) is 114 Å². The maximum absolute atomic E-state index is 10.4. The molecule has 1 aliphatic rings. The zero-order valence-electron chi connectivity index (χ0n) is 25.4. The summed E-state index contributed by atoms with van der Waals surface area (Å²) in [5.74, 6) is -0.108. The van der Waals surface area contributed by atoms with E-state index in [-0.39, 0.29) is 10.1 Å². The molecule has 0 unspecified atom stereocenters.